The van der Waals surface area contributed by atoms with Gasteiger partial charge in [-0.05, 0) is 39.2 Å². The first kappa shape index (κ1) is 18.8. The number of rotatable bonds is 6. The second kappa shape index (κ2) is 8.00. The Balaban J connectivity index is 1.88. The summed E-state index contributed by atoms with van der Waals surface area (Å²) >= 11 is 0. The third-order valence-electron chi connectivity index (χ3n) is 4.16. The molecule has 2 rings (SSSR count). The average molecular weight is 347 g/mol. The van der Waals surface area contributed by atoms with Crippen LogP contribution in [0.4, 0.5) is 13.2 Å². The van der Waals surface area contributed by atoms with Crippen LogP contribution in [-0.4, -0.2) is 52.6 Å². The maximum Gasteiger partial charge on any atom is 0.411 e. The number of ether oxygens (including phenoxy) is 1. The Morgan fingerprint density at radius 1 is 1.38 bits per heavy atom. The molecule has 8 heteroatoms. The van der Waals surface area contributed by atoms with E-state index >= 15 is 0 Å². The Hall–Kier alpha value is -1.57. The van der Waals surface area contributed by atoms with Gasteiger partial charge in [-0.2, -0.15) is 18.3 Å². The molecular formula is C16H24F3N3O2. The van der Waals surface area contributed by atoms with Crippen molar-refractivity contribution in [1.82, 2.24) is 14.7 Å². The molecular weight excluding hydrogens is 323 g/mol. The summed E-state index contributed by atoms with van der Waals surface area (Å²) < 4.78 is 42.6. The first-order valence-electron chi connectivity index (χ1n) is 8.21. The molecule has 0 saturated carbocycles. The molecule has 1 saturated heterocycles. The lowest BCUT2D eigenvalue weighted by atomic mass is 10.0. The number of aromatic nitrogens is 2. The quantitative estimate of drug-likeness (QED) is 0.744. The van der Waals surface area contributed by atoms with Gasteiger partial charge in [0.15, 0.2) is 0 Å². The lowest BCUT2D eigenvalue weighted by Crippen LogP contribution is -2.46. The predicted octanol–water partition coefficient (Wildman–Crippen LogP) is 2.85. The molecule has 1 aliphatic rings. The zero-order valence-electron chi connectivity index (χ0n) is 14.1. The van der Waals surface area contributed by atoms with E-state index in [4.69, 9.17) is 0 Å². The van der Waals surface area contributed by atoms with E-state index in [9.17, 15) is 18.0 Å². The standard InChI is InChI=1S/C16H24F3N3O2/c1-12-9-13(2)22(20-12)10-14-5-3-4-7-21(14)15(23)6-8-24-11-16(17,18)19/h9,14H,3-8,10-11H2,1-2H3/t14-/m1/s1. The number of alkyl halides is 3. The van der Waals surface area contributed by atoms with Crippen LogP contribution in [0.2, 0.25) is 0 Å². The third kappa shape index (κ3) is 5.51. The van der Waals surface area contributed by atoms with Gasteiger partial charge in [0.05, 0.1) is 31.3 Å². The summed E-state index contributed by atoms with van der Waals surface area (Å²) in [5.41, 5.74) is 1.97. The van der Waals surface area contributed by atoms with E-state index in [0.29, 0.717) is 13.1 Å². The van der Waals surface area contributed by atoms with Crippen LogP contribution in [0.15, 0.2) is 6.07 Å². The molecule has 0 spiro atoms. The molecule has 2 heterocycles. The second-order valence-electron chi connectivity index (χ2n) is 6.26. The fourth-order valence-corrected chi connectivity index (χ4v) is 3.07. The van der Waals surface area contributed by atoms with Crippen LogP contribution in [0.1, 0.15) is 37.1 Å². The molecule has 0 aromatic carbocycles. The van der Waals surface area contributed by atoms with E-state index < -0.39 is 12.8 Å². The molecule has 0 aliphatic carbocycles. The Bertz CT molecular complexity index is 557. The molecule has 0 unspecified atom stereocenters. The summed E-state index contributed by atoms with van der Waals surface area (Å²) in [6.07, 6.45) is -1.54. The van der Waals surface area contributed by atoms with E-state index in [1.54, 1.807) is 4.90 Å². The first-order valence-corrected chi connectivity index (χ1v) is 8.21. The fraction of sp³-hybridized carbons (Fsp3) is 0.750. The van der Waals surface area contributed by atoms with Crippen molar-refractivity contribution in [3.8, 4) is 0 Å². The summed E-state index contributed by atoms with van der Waals surface area (Å²) in [7, 11) is 0. The number of halogens is 3. The Morgan fingerprint density at radius 3 is 2.75 bits per heavy atom. The highest BCUT2D eigenvalue weighted by Crippen LogP contribution is 2.20. The van der Waals surface area contributed by atoms with Gasteiger partial charge in [-0.1, -0.05) is 0 Å². The predicted molar refractivity (Wildman–Crippen MR) is 82.5 cm³/mol. The summed E-state index contributed by atoms with van der Waals surface area (Å²) in [6, 6.07) is 2.02. The summed E-state index contributed by atoms with van der Waals surface area (Å²) in [5, 5.41) is 4.43. The molecule has 24 heavy (non-hydrogen) atoms. The van der Waals surface area contributed by atoms with E-state index in [2.05, 4.69) is 9.84 Å². The molecule has 1 aromatic heterocycles. The van der Waals surface area contributed by atoms with Gasteiger partial charge in [0.25, 0.3) is 0 Å². The van der Waals surface area contributed by atoms with Gasteiger partial charge in [-0.3, -0.25) is 9.48 Å². The second-order valence-corrected chi connectivity index (χ2v) is 6.26. The number of hydrogen-bond donors (Lipinski definition) is 0. The molecule has 1 amide bonds. The third-order valence-corrected chi connectivity index (χ3v) is 4.16. The first-order chi connectivity index (χ1) is 11.3. The zero-order chi connectivity index (χ0) is 17.7. The minimum atomic E-state index is -4.35. The summed E-state index contributed by atoms with van der Waals surface area (Å²) in [5.74, 6) is -0.150. The van der Waals surface area contributed by atoms with Gasteiger partial charge >= 0.3 is 6.18 Å². The van der Waals surface area contributed by atoms with Crippen molar-refractivity contribution < 1.29 is 22.7 Å². The molecule has 0 radical (unpaired) electrons. The highest BCUT2D eigenvalue weighted by molar-refractivity contribution is 5.76. The largest absolute Gasteiger partial charge is 0.411 e. The normalized spacial score (nSPS) is 18.9. The molecule has 1 aromatic rings. The number of amides is 1. The lowest BCUT2D eigenvalue weighted by molar-refractivity contribution is -0.175. The van der Waals surface area contributed by atoms with Gasteiger partial charge in [0.2, 0.25) is 5.91 Å². The molecule has 1 fully saturated rings. The van der Waals surface area contributed by atoms with Crippen molar-refractivity contribution in [3.05, 3.63) is 17.5 Å². The molecule has 136 valence electrons. The van der Waals surface area contributed by atoms with Crippen LogP contribution in [-0.2, 0) is 16.1 Å². The van der Waals surface area contributed by atoms with E-state index in [1.165, 1.54) is 0 Å². The average Bonchev–Trinajstić information content (AvgIpc) is 2.81. The minimum Gasteiger partial charge on any atom is -0.372 e. The number of carbonyl (C=O) groups excluding carboxylic acids is 1. The Kier molecular flexibility index (Phi) is 6.26. The van der Waals surface area contributed by atoms with Crippen LogP contribution in [0, 0.1) is 13.8 Å². The summed E-state index contributed by atoms with van der Waals surface area (Å²) in [4.78, 5) is 14.1. The van der Waals surface area contributed by atoms with Crippen molar-refractivity contribution in [2.45, 2.75) is 58.3 Å². The van der Waals surface area contributed by atoms with Crippen molar-refractivity contribution in [1.29, 1.82) is 0 Å². The monoisotopic (exact) mass is 347 g/mol. The topological polar surface area (TPSA) is 47.4 Å². The minimum absolute atomic E-state index is 0.0241. The molecule has 1 aliphatic heterocycles. The number of nitrogens with zero attached hydrogens (tertiary/aromatic N) is 3. The smallest absolute Gasteiger partial charge is 0.372 e. The van der Waals surface area contributed by atoms with Crippen LogP contribution < -0.4 is 0 Å². The van der Waals surface area contributed by atoms with Gasteiger partial charge in [-0.25, -0.2) is 0 Å². The van der Waals surface area contributed by atoms with Crippen molar-refractivity contribution in [2.75, 3.05) is 19.8 Å². The maximum absolute atomic E-state index is 12.3. The van der Waals surface area contributed by atoms with Crippen LogP contribution in [0.3, 0.4) is 0 Å². The number of likely N-dealkylation sites (tertiary alicyclic amines) is 1. The van der Waals surface area contributed by atoms with Crippen molar-refractivity contribution in [3.63, 3.8) is 0 Å². The Labute approximate surface area is 139 Å². The highest BCUT2D eigenvalue weighted by atomic mass is 19.4. The van der Waals surface area contributed by atoms with E-state index in [1.807, 2.05) is 24.6 Å². The molecule has 0 bridgehead atoms. The lowest BCUT2D eigenvalue weighted by Gasteiger charge is -2.36. The molecule has 5 nitrogen and oxygen atoms in total. The van der Waals surface area contributed by atoms with Gasteiger partial charge < -0.3 is 9.64 Å². The van der Waals surface area contributed by atoms with Crippen LogP contribution >= 0.6 is 0 Å². The van der Waals surface area contributed by atoms with Crippen molar-refractivity contribution >= 4 is 5.91 Å². The highest BCUT2D eigenvalue weighted by Gasteiger charge is 2.29. The van der Waals surface area contributed by atoms with E-state index in [0.717, 1.165) is 30.7 Å². The van der Waals surface area contributed by atoms with Crippen LogP contribution in [0.5, 0.6) is 0 Å². The number of carbonyl (C=O) groups is 1. The summed E-state index contributed by atoms with van der Waals surface area (Å²) in [6.45, 7) is 3.64. The molecule has 1 atom stereocenters. The van der Waals surface area contributed by atoms with Gasteiger partial charge in [-0.15, -0.1) is 0 Å². The maximum atomic E-state index is 12.3. The number of hydrogen-bond acceptors (Lipinski definition) is 3. The fourth-order valence-electron chi connectivity index (χ4n) is 3.07. The van der Waals surface area contributed by atoms with Gasteiger partial charge in [0.1, 0.15) is 6.61 Å². The molecule has 0 N–H and O–H groups in total. The Morgan fingerprint density at radius 2 is 2.12 bits per heavy atom. The van der Waals surface area contributed by atoms with Gasteiger partial charge in [0, 0.05) is 12.2 Å². The van der Waals surface area contributed by atoms with E-state index in [-0.39, 0.29) is 25.0 Å². The number of aryl methyl sites for hydroxylation is 2. The SMILES string of the molecule is Cc1cc(C)n(C[C@H]2CCCCN2C(=O)CCOCC(F)(F)F)n1. The number of piperidine rings is 1. The van der Waals surface area contributed by atoms with Crippen LogP contribution in [0.25, 0.3) is 0 Å². The zero-order valence-corrected chi connectivity index (χ0v) is 14.1. The van der Waals surface area contributed by atoms with Crippen molar-refractivity contribution in [2.24, 2.45) is 0 Å².